The van der Waals surface area contributed by atoms with Crippen LogP contribution in [0.15, 0.2) is 60.2 Å². The van der Waals surface area contributed by atoms with Crippen molar-refractivity contribution in [2.24, 2.45) is 0 Å². The van der Waals surface area contributed by atoms with Gasteiger partial charge in [-0.1, -0.05) is 46.9 Å². The lowest BCUT2D eigenvalue weighted by Crippen LogP contribution is -2.29. The van der Waals surface area contributed by atoms with Gasteiger partial charge >= 0.3 is 0 Å². The van der Waals surface area contributed by atoms with Crippen molar-refractivity contribution in [1.29, 1.82) is 0 Å². The predicted octanol–water partition coefficient (Wildman–Crippen LogP) is 6.00. The average Bonchev–Trinajstić information content (AvgIpc) is 3.08. The molecule has 1 heterocycles. The number of aliphatic hydroxyl groups is 1. The van der Waals surface area contributed by atoms with E-state index in [1.165, 1.54) is 49.5 Å². The summed E-state index contributed by atoms with van der Waals surface area (Å²) in [7, 11) is 2.78. The summed E-state index contributed by atoms with van der Waals surface area (Å²) in [5.74, 6) is -2.15. The third-order valence-corrected chi connectivity index (χ3v) is 6.32. The first-order chi connectivity index (χ1) is 16.7. The molecule has 3 aromatic carbocycles. The van der Waals surface area contributed by atoms with Gasteiger partial charge in [0.25, 0.3) is 11.7 Å². The number of carbonyl (C=O) groups excluding carboxylic acids is 2. The lowest BCUT2D eigenvalue weighted by molar-refractivity contribution is -0.132. The van der Waals surface area contributed by atoms with Gasteiger partial charge in [0.2, 0.25) is 0 Å². The maximum atomic E-state index is 13.3. The molecule has 7 nitrogen and oxygen atoms in total. The van der Waals surface area contributed by atoms with Gasteiger partial charge in [-0.2, -0.15) is 0 Å². The van der Waals surface area contributed by atoms with Gasteiger partial charge in [-0.05, 0) is 48.0 Å². The molecule has 10 heteroatoms. The molecule has 0 aliphatic carbocycles. The maximum Gasteiger partial charge on any atom is 0.300 e. The molecule has 1 saturated heterocycles. The van der Waals surface area contributed by atoms with Gasteiger partial charge in [0.15, 0.2) is 17.2 Å². The first-order valence-corrected chi connectivity index (χ1v) is 11.3. The summed E-state index contributed by atoms with van der Waals surface area (Å²) in [5, 5.41) is 22.2. The number of aromatic hydroxyl groups is 1. The Morgan fingerprint density at radius 1 is 0.943 bits per heavy atom. The predicted molar refractivity (Wildman–Crippen MR) is 134 cm³/mol. The minimum atomic E-state index is -1.11. The number of rotatable bonds is 5. The van der Waals surface area contributed by atoms with Crippen LogP contribution in [-0.4, -0.2) is 36.1 Å². The first-order valence-electron chi connectivity index (χ1n) is 10.1. The van der Waals surface area contributed by atoms with Crippen LogP contribution in [0.5, 0.6) is 17.2 Å². The van der Waals surface area contributed by atoms with Crippen molar-refractivity contribution in [2.75, 3.05) is 19.1 Å². The number of phenolic OH excluding ortho intramolecular Hbond substituents is 1. The Kier molecular flexibility index (Phi) is 6.85. The normalized spacial score (nSPS) is 17.1. The fraction of sp³-hybridized carbons (Fsp3) is 0.120. The summed E-state index contributed by atoms with van der Waals surface area (Å²) in [5.41, 5.74) is 0.545. The number of aliphatic hydroxyl groups excluding tert-OH is 1. The van der Waals surface area contributed by atoms with Crippen molar-refractivity contribution < 1.29 is 29.3 Å². The van der Waals surface area contributed by atoms with E-state index in [2.05, 4.69) is 0 Å². The number of anilines is 1. The third kappa shape index (κ3) is 4.38. The zero-order chi connectivity index (χ0) is 25.4. The van der Waals surface area contributed by atoms with E-state index < -0.39 is 23.5 Å². The van der Waals surface area contributed by atoms with E-state index in [0.717, 1.165) is 0 Å². The molecule has 4 rings (SSSR count). The van der Waals surface area contributed by atoms with Crippen molar-refractivity contribution in [1.82, 2.24) is 0 Å². The first kappa shape index (κ1) is 24.7. The quantitative estimate of drug-likeness (QED) is 0.237. The zero-order valence-corrected chi connectivity index (χ0v) is 20.6. The van der Waals surface area contributed by atoms with Crippen LogP contribution in [0.2, 0.25) is 15.1 Å². The highest BCUT2D eigenvalue weighted by Gasteiger charge is 2.47. The number of ether oxygens (including phenoxy) is 2. The van der Waals surface area contributed by atoms with Gasteiger partial charge in [0.05, 0.1) is 35.9 Å². The molecule has 0 spiro atoms. The molecule has 1 fully saturated rings. The molecule has 0 saturated carbocycles. The second-order valence-corrected chi connectivity index (χ2v) is 8.80. The lowest BCUT2D eigenvalue weighted by atomic mass is 9.94. The smallest absolute Gasteiger partial charge is 0.300 e. The molecule has 0 radical (unpaired) electrons. The van der Waals surface area contributed by atoms with Crippen LogP contribution < -0.4 is 14.4 Å². The van der Waals surface area contributed by atoms with Crippen LogP contribution in [0.3, 0.4) is 0 Å². The summed E-state index contributed by atoms with van der Waals surface area (Å²) >= 11 is 18.6. The van der Waals surface area contributed by atoms with Crippen LogP contribution >= 0.6 is 34.8 Å². The number of amides is 1. The van der Waals surface area contributed by atoms with Gasteiger partial charge in [0, 0.05) is 16.3 Å². The SMILES string of the molecule is COc1ccc(C2/C(=C(\O)c3cc(Cl)c(OC)c(Cl)c3)C(=O)C(=O)N2c2cccc(Cl)c2)cc1O. The second kappa shape index (κ2) is 9.70. The number of phenols is 1. The van der Waals surface area contributed by atoms with E-state index in [4.69, 9.17) is 44.3 Å². The Labute approximate surface area is 215 Å². The Morgan fingerprint density at radius 3 is 2.20 bits per heavy atom. The van der Waals surface area contributed by atoms with Crippen molar-refractivity contribution >= 4 is 57.9 Å². The number of benzene rings is 3. The van der Waals surface area contributed by atoms with Crippen LogP contribution in [0.1, 0.15) is 17.2 Å². The van der Waals surface area contributed by atoms with Crippen molar-refractivity contribution in [3.8, 4) is 17.2 Å². The molecule has 3 aromatic rings. The topological polar surface area (TPSA) is 96.3 Å². The van der Waals surface area contributed by atoms with Crippen LogP contribution in [0.4, 0.5) is 5.69 Å². The minimum Gasteiger partial charge on any atom is -0.507 e. The van der Waals surface area contributed by atoms with Crippen LogP contribution in [0, 0.1) is 0 Å². The molecular formula is C25H18Cl3NO6. The van der Waals surface area contributed by atoms with E-state index in [9.17, 15) is 19.8 Å². The van der Waals surface area contributed by atoms with Gasteiger partial charge in [0.1, 0.15) is 5.76 Å². The highest BCUT2D eigenvalue weighted by atomic mass is 35.5. The number of hydrogen-bond donors (Lipinski definition) is 2. The standard InChI is InChI=1S/C25H18Cl3NO6/c1-34-19-7-6-12(10-18(19)30)21-20(22(31)13-8-16(27)24(35-2)17(28)9-13)23(32)25(33)29(21)15-5-3-4-14(26)11-15/h3-11,21,30-31H,1-2H3/b22-20+. The molecule has 1 unspecified atom stereocenters. The lowest BCUT2D eigenvalue weighted by Gasteiger charge is -2.26. The molecule has 1 aliphatic heterocycles. The van der Waals surface area contributed by atoms with Crippen LogP contribution in [-0.2, 0) is 9.59 Å². The Bertz CT molecular complexity index is 1360. The second-order valence-electron chi connectivity index (χ2n) is 7.55. The van der Waals surface area contributed by atoms with Crippen molar-refractivity contribution in [3.63, 3.8) is 0 Å². The van der Waals surface area contributed by atoms with Gasteiger partial charge in [-0.3, -0.25) is 14.5 Å². The molecule has 180 valence electrons. The molecule has 1 atom stereocenters. The number of hydrogen-bond acceptors (Lipinski definition) is 6. The van der Waals surface area contributed by atoms with Crippen molar-refractivity contribution in [2.45, 2.75) is 6.04 Å². The molecule has 0 bridgehead atoms. The van der Waals surface area contributed by atoms with E-state index >= 15 is 0 Å². The molecule has 35 heavy (non-hydrogen) atoms. The Hall–Kier alpha value is -3.39. The molecule has 2 N–H and O–H groups in total. The van der Waals surface area contributed by atoms with Crippen LogP contribution in [0.25, 0.3) is 5.76 Å². The van der Waals surface area contributed by atoms with E-state index in [1.54, 1.807) is 24.3 Å². The summed E-state index contributed by atoms with van der Waals surface area (Å²) < 4.78 is 10.2. The Balaban J connectivity index is 1.98. The maximum absolute atomic E-state index is 13.3. The van der Waals surface area contributed by atoms with E-state index in [-0.39, 0.29) is 38.4 Å². The number of Topliss-reactive ketones (excluding diaryl/α,β-unsaturated/α-hetero) is 1. The number of halogens is 3. The molecular weight excluding hydrogens is 517 g/mol. The largest absolute Gasteiger partial charge is 0.507 e. The highest BCUT2D eigenvalue weighted by Crippen LogP contribution is 2.45. The fourth-order valence-electron chi connectivity index (χ4n) is 3.96. The zero-order valence-electron chi connectivity index (χ0n) is 18.4. The fourth-order valence-corrected chi connectivity index (χ4v) is 4.79. The monoisotopic (exact) mass is 533 g/mol. The van der Waals surface area contributed by atoms with Crippen molar-refractivity contribution in [3.05, 3.63) is 86.4 Å². The van der Waals surface area contributed by atoms with E-state index in [0.29, 0.717) is 16.3 Å². The van der Waals surface area contributed by atoms with Gasteiger partial charge in [-0.15, -0.1) is 0 Å². The average molecular weight is 535 g/mol. The summed E-state index contributed by atoms with van der Waals surface area (Å²) in [6.45, 7) is 0. The number of nitrogens with zero attached hydrogens (tertiary/aromatic N) is 1. The summed E-state index contributed by atoms with van der Waals surface area (Å²) in [6.07, 6.45) is 0. The van der Waals surface area contributed by atoms with Gasteiger partial charge < -0.3 is 19.7 Å². The minimum absolute atomic E-state index is 0.101. The van der Waals surface area contributed by atoms with Gasteiger partial charge in [-0.25, -0.2) is 0 Å². The highest BCUT2D eigenvalue weighted by molar-refractivity contribution is 6.52. The number of carbonyl (C=O) groups is 2. The molecule has 1 amide bonds. The summed E-state index contributed by atoms with van der Waals surface area (Å²) in [4.78, 5) is 27.7. The summed E-state index contributed by atoms with van der Waals surface area (Å²) in [6, 6.07) is 12.4. The number of ketones is 1. The van der Waals surface area contributed by atoms with E-state index in [1.807, 2.05) is 0 Å². The third-order valence-electron chi connectivity index (χ3n) is 5.53. The Morgan fingerprint density at radius 2 is 1.63 bits per heavy atom. The molecule has 0 aromatic heterocycles. The number of methoxy groups -OCH3 is 2. The molecule has 1 aliphatic rings.